The number of halogens is 2. The lowest BCUT2D eigenvalue weighted by atomic mass is 9.85. The SMILES string of the molecule is CCOC(=O)c1ccc([C@@H]2C[C@@H](c3ccc(Cl)cc3)[C@@](F)(C(=O)Nc3ccccc3)C2)cc1. The molecule has 1 N–H and O–H groups in total. The van der Waals surface area contributed by atoms with Crippen LogP contribution in [0.3, 0.4) is 0 Å². The molecule has 170 valence electrons. The van der Waals surface area contributed by atoms with Crippen LogP contribution in [0.4, 0.5) is 10.1 Å². The molecule has 0 heterocycles. The van der Waals surface area contributed by atoms with Gasteiger partial charge in [0.25, 0.3) is 5.91 Å². The zero-order chi connectivity index (χ0) is 23.4. The van der Waals surface area contributed by atoms with Crippen LogP contribution in [-0.4, -0.2) is 24.2 Å². The van der Waals surface area contributed by atoms with Gasteiger partial charge >= 0.3 is 5.97 Å². The van der Waals surface area contributed by atoms with Crippen LogP contribution < -0.4 is 5.32 Å². The van der Waals surface area contributed by atoms with E-state index in [9.17, 15) is 9.59 Å². The number of ether oxygens (including phenoxy) is 1. The molecule has 4 rings (SSSR count). The van der Waals surface area contributed by atoms with Gasteiger partial charge in [-0.05, 0) is 73.2 Å². The van der Waals surface area contributed by atoms with Gasteiger partial charge in [-0.2, -0.15) is 0 Å². The van der Waals surface area contributed by atoms with Crippen LogP contribution in [0.15, 0.2) is 78.9 Å². The largest absolute Gasteiger partial charge is 0.462 e. The second kappa shape index (κ2) is 9.75. The Morgan fingerprint density at radius 1 is 1.00 bits per heavy atom. The first-order chi connectivity index (χ1) is 15.9. The number of anilines is 1. The molecule has 1 saturated carbocycles. The van der Waals surface area contributed by atoms with Crippen molar-refractivity contribution in [1.82, 2.24) is 0 Å². The first kappa shape index (κ1) is 23.0. The van der Waals surface area contributed by atoms with Crippen LogP contribution in [0.2, 0.25) is 5.02 Å². The van der Waals surface area contributed by atoms with Crippen molar-refractivity contribution in [3.05, 3.63) is 101 Å². The molecule has 4 nitrogen and oxygen atoms in total. The molecule has 1 aliphatic carbocycles. The number of hydrogen-bond donors (Lipinski definition) is 1. The third-order valence-corrected chi connectivity index (χ3v) is 6.44. The molecule has 6 heteroatoms. The number of rotatable bonds is 6. The maximum Gasteiger partial charge on any atom is 0.338 e. The van der Waals surface area contributed by atoms with Crippen molar-refractivity contribution in [3.63, 3.8) is 0 Å². The first-order valence-corrected chi connectivity index (χ1v) is 11.4. The van der Waals surface area contributed by atoms with Crippen molar-refractivity contribution in [2.24, 2.45) is 0 Å². The van der Waals surface area contributed by atoms with Crippen molar-refractivity contribution in [1.29, 1.82) is 0 Å². The van der Waals surface area contributed by atoms with Crippen LogP contribution in [0.1, 0.15) is 53.1 Å². The topological polar surface area (TPSA) is 55.4 Å². The van der Waals surface area contributed by atoms with E-state index in [4.69, 9.17) is 16.3 Å². The first-order valence-electron chi connectivity index (χ1n) is 11.0. The van der Waals surface area contributed by atoms with Crippen LogP contribution in [0.5, 0.6) is 0 Å². The molecule has 33 heavy (non-hydrogen) atoms. The van der Waals surface area contributed by atoms with Gasteiger partial charge in [0.2, 0.25) is 0 Å². The number of carbonyl (C=O) groups is 2. The molecule has 3 atom stereocenters. The normalized spacial score (nSPS) is 22.0. The Labute approximate surface area is 197 Å². The maximum absolute atomic E-state index is 16.6. The van der Waals surface area contributed by atoms with Gasteiger partial charge in [0.15, 0.2) is 5.67 Å². The number of hydrogen-bond acceptors (Lipinski definition) is 3. The molecular formula is C27H25ClFNO3. The van der Waals surface area contributed by atoms with Gasteiger partial charge in [-0.25, -0.2) is 9.18 Å². The smallest absolute Gasteiger partial charge is 0.338 e. The zero-order valence-electron chi connectivity index (χ0n) is 18.3. The fourth-order valence-electron chi connectivity index (χ4n) is 4.52. The number of nitrogens with one attached hydrogen (secondary N) is 1. The maximum atomic E-state index is 16.6. The van der Waals surface area contributed by atoms with Gasteiger partial charge in [0.1, 0.15) is 0 Å². The van der Waals surface area contributed by atoms with Gasteiger partial charge < -0.3 is 10.1 Å². The number of amides is 1. The van der Waals surface area contributed by atoms with E-state index in [1.807, 2.05) is 18.2 Å². The number of alkyl halides is 1. The fourth-order valence-corrected chi connectivity index (χ4v) is 4.64. The van der Waals surface area contributed by atoms with Crippen LogP contribution in [-0.2, 0) is 9.53 Å². The number of benzene rings is 3. The minimum absolute atomic E-state index is 0.0394. The van der Waals surface area contributed by atoms with Gasteiger partial charge in [-0.3, -0.25) is 4.79 Å². The van der Waals surface area contributed by atoms with Crippen LogP contribution >= 0.6 is 11.6 Å². The average Bonchev–Trinajstić information content (AvgIpc) is 3.19. The molecule has 0 bridgehead atoms. The molecule has 0 saturated heterocycles. The highest BCUT2D eigenvalue weighted by Gasteiger charge is 2.54. The Balaban J connectivity index is 1.63. The Morgan fingerprint density at radius 2 is 1.64 bits per heavy atom. The molecule has 0 aliphatic heterocycles. The molecule has 3 aromatic rings. The average molecular weight is 466 g/mol. The van der Waals surface area contributed by atoms with E-state index in [1.54, 1.807) is 67.6 Å². The minimum Gasteiger partial charge on any atom is -0.462 e. The van der Waals surface area contributed by atoms with E-state index in [2.05, 4.69) is 5.32 Å². The molecule has 1 aliphatic rings. The summed E-state index contributed by atoms with van der Waals surface area (Å²) in [5.41, 5.74) is 0.510. The Bertz CT molecular complexity index is 1120. The zero-order valence-corrected chi connectivity index (χ0v) is 19.0. The van der Waals surface area contributed by atoms with E-state index in [-0.39, 0.29) is 12.3 Å². The number of para-hydroxylation sites is 1. The summed E-state index contributed by atoms with van der Waals surface area (Å²) in [6.07, 6.45) is 0.497. The molecule has 3 aromatic carbocycles. The van der Waals surface area contributed by atoms with Gasteiger partial charge in [0, 0.05) is 16.6 Å². The summed E-state index contributed by atoms with van der Waals surface area (Å²) in [7, 11) is 0. The van der Waals surface area contributed by atoms with Gasteiger partial charge in [-0.1, -0.05) is 54.1 Å². The second-order valence-corrected chi connectivity index (χ2v) is 8.70. The lowest BCUT2D eigenvalue weighted by Gasteiger charge is -2.26. The van der Waals surface area contributed by atoms with Crippen LogP contribution in [0.25, 0.3) is 0 Å². The van der Waals surface area contributed by atoms with Crippen LogP contribution in [0, 0.1) is 0 Å². The standard InChI is InChI=1S/C27H25ClFNO3/c1-2-33-25(31)20-10-8-18(9-11-20)21-16-24(19-12-14-22(28)15-13-19)27(29,17-21)26(32)30-23-6-4-3-5-7-23/h3-15,21,24H,2,16-17H2,1H3,(H,30,32)/t21-,24+,27-/m1/s1. The molecule has 0 spiro atoms. The predicted molar refractivity (Wildman–Crippen MR) is 127 cm³/mol. The van der Waals surface area contributed by atoms with E-state index in [1.165, 1.54) is 0 Å². The fraction of sp³-hybridized carbons (Fsp3) is 0.259. The van der Waals surface area contributed by atoms with E-state index < -0.39 is 23.5 Å². The molecule has 0 radical (unpaired) electrons. The monoisotopic (exact) mass is 465 g/mol. The Kier molecular flexibility index (Phi) is 6.80. The highest BCUT2D eigenvalue weighted by molar-refractivity contribution is 6.30. The molecular weight excluding hydrogens is 441 g/mol. The quantitative estimate of drug-likeness (QED) is 0.421. The van der Waals surface area contributed by atoms with Crippen molar-refractivity contribution < 1.29 is 18.7 Å². The molecule has 0 aromatic heterocycles. The van der Waals surface area contributed by atoms with E-state index >= 15 is 4.39 Å². The Morgan fingerprint density at radius 3 is 2.27 bits per heavy atom. The number of esters is 1. The third-order valence-electron chi connectivity index (χ3n) is 6.19. The van der Waals surface area contributed by atoms with Gasteiger partial charge in [0.05, 0.1) is 12.2 Å². The minimum atomic E-state index is -2.10. The third kappa shape index (κ3) is 4.93. The highest BCUT2D eigenvalue weighted by Crippen LogP contribution is 2.53. The summed E-state index contributed by atoms with van der Waals surface area (Å²) in [5, 5.41) is 3.30. The van der Waals surface area contributed by atoms with Gasteiger partial charge in [-0.15, -0.1) is 0 Å². The van der Waals surface area contributed by atoms with Crippen molar-refractivity contribution in [3.8, 4) is 0 Å². The Hall–Kier alpha value is -3.18. The van der Waals surface area contributed by atoms with Crippen molar-refractivity contribution >= 4 is 29.2 Å². The van der Waals surface area contributed by atoms with E-state index in [0.29, 0.717) is 29.3 Å². The predicted octanol–water partition coefficient (Wildman–Crippen LogP) is 6.52. The summed E-state index contributed by atoms with van der Waals surface area (Å²) in [5.74, 6) is -1.86. The highest BCUT2D eigenvalue weighted by atomic mass is 35.5. The lowest BCUT2D eigenvalue weighted by Crippen LogP contribution is -2.41. The summed E-state index contributed by atoms with van der Waals surface area (Å²) in [6, 6.07) is 22.9. The number of carbonyl (C=O) groups excluding carboxylic acids is 2. The van der Waals surface area contributed by atoms with E-state index in [0.717, 1.165) is 11.1 Å². The molecule has 0 unspecified atom stereocenters. The summed E-state index contributed by atoms with van der Waals surface area (Å²) in [4.78, 5) is 25.2. The summed E-state index contributed by atoms with van der Waals surface area (Å²) < 4.78 is 21.6. The van der Waals surface area contributed by atoms with Crippen molar-refractivity contribution in [2.45, 2.75) is 37.3 Å². The molecule has 1 amide bonds. The molecule has 1 fully saturated rings. The summed E-state index contributed by atoms with van der Waals surface area (Å²) >= 11 is 6.04. The second-order valence-electron chi connectivity index (χ2n) is 8.27. The lowest BCUT2D eigenvalue weighted by molar-refractivity contribution is -0.128. The summed E-state index contributed by atoms with van der Waals surface area (Å²) in [6.45, 7) is 2.05. The van der Waals surface area contributed by atoms with Crippen molar-refractivity contribution in [2.75, 3.05) is 11.9 Å².